The van der Waals surface area contributed by atoms with Crippen molar-refractivity contribution >= 4 is 33.0 Å². The lowest BCUT2D eigenvalue weighted by molar-refractivity contribution is 0.407. The molecule has 1 unspecified atom stereocenters. The predicted molar refractivity (Wildman–Crippen MR) is 93.1 cm³/mol. The minimum atomic E-state index is 0.640. The van der Waals surface area contributed by atoms with Crippen LogP contribution in [-0.2, 0) is 0 Å². The van der Waals surface area contributed by atoms with Gasteiger partial charge in [-0.1, -0.05) is 53.2 Å². The molecule has 0 N–H and O–H groups in total. The molecule has 0 aliphatic carbocycles. The normalized spacial score (nSPS) is 18.2. The Balaban J connectivity index is 1.78. The van der Waals surface area contributed by atoms with Crippen LogP contribution in [0, 0.1) is 5.92 Å². The van der Waals surface area contributed by atoms with Gasteiger partial charge in [0.15, 0.2) is 0 Å². The molecular weight excluding hydrogens is 330 g/mol. The van der Waals surface area contributed by atoms with Gasteiger partial charge in [0.25, 0.3) is 0 Å². The molecule has 3 rings (SSSR count). The van der Waals surface area contributed by atoms with Gasteiger partial charge in [0, 0.05) is 17.9 Å². The molecule has 1 aliphatic rings. The maximum Gasteiger partial charge on any atom is 0.0576 e. The van der Waals surface area contributed by atoms with E-state index in [0.717, 1.165) is 5.92 Å². The van der Waals surface area contributed by atoms with E-state index in [9.17, 15) is 0 Å². The standard InChI is InChI=1S/C17H20BrNS/c1-13(18)14-7-10-19(11-8-14)16-9-12-20-17(16)15-5-3-2-4-6-15/h2-6,9,12-14H,7-8,10-11H2,1H3. The fourth-order valence-electron chi connectivity index (χ4n) is 2.96. The zero-order chi connectivity index (χ0) is 13.9. The second kappa shape index (κ2) is 6.31. The van der Waals surface area contributed by atoms with Gasteiger partial charge in [-0.2, -0.15) is 0 Å². The summed E-state index contributed by atoms with van der Waals surface area (Å²) >= 11 is 5.59. The minimum Gasteiger partial charge on any atom is -0.370 e. The Hall–Kier alpha value is -0.800. The molecule has 0 amide bonds. The molecule has 0 radical (unpaired) electrons. The number of hydrogen-bond acceptors (Lipinski definition) is 2. The minimum absolute atomic E-state index is 0.640. The van der Waals surface area contributed by atoms with Crippen molar-refractivity contribution in [1.29, 1.82) is 0 Å². The number of thiophene rings is 1. The van der Waals surface area contributed by atoms with Crippen LogP contribution in [0.1, 0.15) is 19.8 Å². The van der Waals surface area contributed by atoms with Crippen LogP contribution in [0.2, 0.25) is 0 Å². The molecule has 0 bridgehead atoms. The SMILES string of the molecule is CC(Br)C1CCN(c2ccsc2-c2ccccc2)CC1. The summed E-state index contributed by atoms with van der Waals surface area (Å²) in [6, 6.07) is 13.0. The third-order valence-electron chi connectivity index (χ3n) is 4.21. The van der Waals surface area contributed by atoms with Crippen LogP contribution in [0.25, 0.3) is 10.4 Å². The van der Waals surface area contributed by atoms with Gasteiger partial charge >= 0.3 is 0 Å². The Morgan fingerprint density at radius 2 is 1.85 bits per heavy atom. The maximum atomic E-state index is 3.74. The summed E-state index contributed by atoms with van der Waals surface area (Å²) in [5.41, 5.74) is 2.76. The molecule has 2 heterocycles. The van der Waals surface area contributed by atoms with Crippen LogP contribution < -0.4 is 4.90 Å². The summed E-state index contributed by atoms with van der Waals surface area (Å²) in [7, 11) is 0. The van der Waals surface area contributed by atoms with E-state index in [1.54, 1.807) is 0 Å². The lowest BCUT2D eigenvalue weighted by atomic mass is 9.94. The molecule has 0 saturated carbocycles. The first-order valence-electron chi connectivity index (χ1n) is 7.27. The van der Waals surface area contributed by atoms with Crippen molar-refractivity contribution in [2.45, 2.75) is 24.6 Å². The van der Waals surface area contributed by atoms with Gasteiger partial charge in [-0.25, -0.2) is 0 Å². The Morgan fingerprint density at radius 1 is 1.15 bits per heavy atom. The van der Waals surface area contributed by atoms with Gasteiger partial charge in [0.1, 0.15) is 0 Å². The van der Waals surface area contributed by atoms with E-state index >= 15 is 0 Å². The van der Waals surface area contributed by atoms with Gasteiger partial charge in [0.05, 0.1) is 10.6 Å². The van der Waals surface area contributed by atoms with E-state index in [-0.39, 0.29) is 0 Å². The quantitative estimate of drug-likeness (QED) is 0.669. The van der Waals surface area contributed by atoms with Crippen LogP contribution in [0.4, 0.5) is 5.69 Å². The van der Waals surface area contributed by atoms with E-state index in [2.05, 4.69) is 69.5 Å². The average molecular weight is 350 g/mol. The molecule has 1 aromatic heterocycles. The van der Waals surface area contributed by atoms with Crippen molar-refractivity contribution in [2.24, 2.45) is 5.92 Å². The van der Waals surface area contributed by atoms with Crippen molar-refractivity contribution < 1.29 is 0 Å². The summed E-state index contributed by atoms with van der Waals surface area (Å²) in [5, 5.41) is 2.22. The molecular formula is C17H20BrNS. The number of hydrogen-bond donors (Lipinski definition) is 0. The molecule has 106 valence electrons. The van der Waals surface area contributed by atoms with Crippen LogP contribution in [0.3, 0.4) is 0 Å². The molecule has 1 saturated heterocycles. The Labute approximate surface area is 133 Å². The number of rotatable bonds is 3. The molecule has 3 heteroatoms. The number of anilines is 1. The van der Waals surface area contributed by atoms with Gasteiger partial charge in [-0.15, -0.1) is 11.3 Å². The first kappa shape index (κ1) is 14.2. The van der Waals surface area contributed by atoms with E-state index in [1.165, 1.54) is 42.1 Å². The van der Waals surface area contributed by atoms with Gasteiger partial charge in [-0.05, 0) is 35.8 Å². The van der Waals surface area contributed by atoms with E-state index in [0.29, 0.717) is 4.83 Å². The first-order valence-corrected chi connectivity index (χ1v) is 9.07. The highest BCUT2D eigenvalue weighted by Gasteiger charge is 2.24. The third kappa shape index (κ3) is 2.94. The fraction of sp³-hybridized carbons (Fsp3) is 0.412. The second-order valence-electron chi connectivity index (χ2n) is 5.50. The topological polar surface area (TPSA) is 3.24 Å². The lowest BCUT2D eigenvalue weighted by Gasteiger charge is -2.35. The number of benzene rings is 1. The molecule has 1 nitrogen and oxygen atoms in total. The number of piperidine rings is 1. The first-order chi connectivity index (χ1) is 9.75. The second-order valence-corrected chi connectivity index (χ2v) is 7.86. The molecule has 20 heavy (non-hydrogen) atoms. The molecule has 1 fully saturated rings. The zero-order valence-electron chi connectivity index (χ0n) is 11.8. The van der Waals surface area contributed by atoms with Crippen molar-refractivity contribution in [1.82, 2.24) is 0 Å². The highest BCUT2D eigenvalue weighted by molar-refractivity contribution is 9.09. The number of nitrogens with zero attached hydrogens (tertiary/aromatic N) is 1. The Morgan fingerprint density at radius 3 is 2.50 bits per heavy atom. The predicted octanol–water partition coefficient (Wildman–Crippen LogP) is 5.41. The summed E-state index contributed by atoms with van der Waals surface area (Å²) in [6.07, 6.45) is 2.58. The van der Waals surface area contributed by atoms with Crippen LogP contribution in [-0.4, -0.2) is 17.9 Å². The van der Waals surface area contributed by atoms with Crippen LogP contribution in [0.15, 0.2) is 41.8 Å². The molecule has 1 aromatic carbocycles. The number of halogens is 1. The summed E-state index contributed by atoms with van der Waals surface area (Å²) < 4.78 is 0. The van der Waals surface area contributed by atoms with Gasteiger partial charge < -0.3 is 4.90 Å². The van der Waals surface area contributed by atoms with Gasteiger partial charge in [-0.3, -0.25) is 0 Å². The average Bonchev–Trinajstić information content (AvgIpc) is 2.97. The van der Waals surface area contributed by atoms with Crippen molar-refractivity contribution in [3.63, 3.8) is 0 Å². The molecule has 1 aliphatic heterocycles. The smallest absolute Gasteiger partial charge is 0.0576 e. The third-order valence-corrected chi connectivity index (χ3v) is 5.91. The molecule has 1 atom stereocenters. The number of alkyl halides is 1. The summed E-state index contributed by atoms with van der Waals surface area (Å²) in [4.78, 5) is 4.61. The largest absolute Gasteiger partial charge is 0.370 e. The monoisotopic (exact) mass is 349 g/mol. The van der Waals surface area contributed by atoms with Crippen LogP contribution >= 0.6 is 27.3 Å². The molecule has 2 aromatic rings. The zero-order valence-corrected chi connectivity index (χ0v) is 14.2. The maximum absolute atomic E-state index is 3.74. The van der Waals surface area contributed by atoms with E-state index in [1.807, 2.05) is 11.3 Å². The highest BCUT2D eigenvalue weighted by Crippen LogP contribution is 2.38. The lowest BCUT2D eigenvalue weighted by Crippen LogP contribution is -2.35. The highest BCUT2D eigenvalue weighted by atomic mass is 79.9. The van der Waals surface area contributed by atoms with Crippen molar-refractivity contribution in [3.8, 4) is 10.4 Å². The Kier molecular flexibility index (Phi) is 4.47. The summed E-state index contributed by atoms with van der Waals surface area (Å²) in [6.45, 7) is 4.63. The van der Waals surface area contributed by atoms with E-state index < -0.39 is 0 Å². The summed E-state index contributed by atoms with van der Waals surface area (Å²) in [5.74, 6) is 0.824. The van der Waals surface area contributed by atoms with Crippen molar-refractivity contribution in [3.05, 3.63) is 41.8 Å². The van der Waals surface area contributed by atoms with E-state index in [4.69, 9.17) is 0 Å². The van der Waals surface area contributed by atoms with Crippen LogP contribution in [0.5, 0.6) is 0 Å². The Bertz CT molecular complexity index is 541. The fourth-order valence-corrected chi connectivity index (χ4v) is 4.41. The van der Waals surface area contributed by atoms with Crippen molar-refractivity contribution in [2.75, 3.05) is 18.0 Å². The molecule has 0 spiro atoms. The van der Waals surface area contributed by atoms with Gasteiger partial charge in [0.2, 0.25) is 0 Å².